The van der Waals surface area contributed by atoms with Crippen molar-refractivity contribution in [3.8, 4) is 5.75 Å². The molecule has 0 N–H and O–H groups in total. The molecule has 0 unspecified atom stereocenters. The van der Waals surface area contributed by atoms with Crippen LogP contribution in [0.5, 0.6) is 5.75 Å². The first-order valence-corrected chi connectivity index (χ1v) is 6.17. The minimum absolute atomic E-state index is 0.775. The summed E-state index contributed by atoms with van der Waals surface area (Å²) in [6.45, 7) is 3.68. The number of para-hydroxylation sites is 1. The Bertz CT molecular complexity index is 565. The zero-order valence-electron chi connectivity index (χ0n) is 10.7. The van der Waals surface area contributed by atoms with Crippen LogP contribution >= 0.6 is 0 Å². The lowest BCUT2D eigenvalue weighted by Gasteiger charge is -2.06. The average Bonchev–Trinajstić information content (AvgIpc) is 2.47. The van der Waals surface area contributed by atoms with Crippen molar-refractivity contribution in [1.29, 1.82) is 0 Å². The number of allylic oxidation sites excluding steroid dienone is 3. The van der Waals surface area contributed by atoms with Crippen molar-refractivity contribution in [2.24, 2.45) is 0 Å². The Labute approximate surface area is 114 Å². The molecule has 0 atom stereocenters. The van der Waals surface area contributed by atoms with Crippen molar-refractivity contribution >= 4 is 6.08 Å². The van der Waals surface area contributed by atoms with Crippen molar-refractivity contribution in [3.63, 3.8) is 0 Å². The first-order chi connectivity index (χ1) is 9.38. The van der Waals surface area contributed by atoms with Gasteiger partial charge in [0, 0.05) is 0 Å². The van der Waals surface area contributed by atoms with Crippen LogP contribution in [0.3, 0.4) is 0 Å². The van der Waals surface area contributed by atoms with E-state index in [9.17, 15) is 0 Å². The number of hydrogen-bond acceptors (Lipinski definition) is 1. The summed E-state index contributed by atoms with van der Waals surface area (Å²) in [6.07, 6.45) is 7.48. The predicted octanol–water partition coefficient (Wildman–Crippen LogP) is 4.85. The molecule has 1 nitrogen and oxygen atoms in total. The summed E-state index contributed by atoms with van der Waals surface area (Å²) < 4.78 is 5.85. The normalized spacial score (nSPS) is 11.5. The lowest BCUT2D eigenvalue weighted by atomic mass is 10.2. The van der Waals surface area contributed by atoms with Crippen molar-refractivity contribution in [2.45, 2.75) is 0 Å². The summed E-state index contributed by atoms with van der Waals surface area (Å²) in [6, 6.07) is 19.8. The molecule has 0 fully saturated rings. The molecule has 2 rings (SSSR count). The molecule has 0 amide bonds. The molecule has 0 saturated carbocycles. The van der Waals surface area contributed by atoms with E-state index in [1.165, 1.54) is 0 Å². The maximum absolute atomic E-state index is 5.85. The first-order valence-electron chi connectivity index (χ1n) is 6.17. The van der Waals surface area contributed by atoms with Crippen LogP contribution in [-0.4, -0.2) is 0 Å². The second kappa shape index (κ2) is 7.02. The topological polar surface area (TPSA) is 9.23 Å². The average molecular weight is 248 g/mol. The smallest absolute Gasteiger partial charge is 0.128 e. The Morgan fingerprint density at radius 1 is 0.895 bits per heavy atom. The largest absolute Gasteiger partial charge is 0.457 e. The van der Waals surface area contributed by atoms with Crippen LogP contribution in [0.2, 0.25) is 0 Å². The van der Waals surface area contributed by atoms with Crippen molar-refractivity contribution in [2.75, 3.05) is 0 Å². The first kappa shape index (κ1) is 12.9. The van der Waals surface area contributed by atoms with Crippen LogP contribution in [0.15, 0.2) is 91.2 Å². The SMILES string of the molecule is C=CC=CC(=Cc1ccccc1)Oc1ccccc1. The zero-order chi connectivity index (χ0) is 13.3. The highest BCUT2D eigenvalue weighted by molar-refractivity contribution is 5.54. The molecule has 0 bridgehead atoms. The van der Waals surface area contributed by atoms with E-state index < -0.39 is 0 Å². The van der Waals surface area contributed by atoms with Crippen LogP contribution < -0.4 is 4.74 Å². The van der Waals surface area contributed by atoms with Gasteiger partial charge < -0.3 is 4.74 Å². The van der Waals surface area contributed by atoms with Gasteiger partial charge in [-0.25, -0.2) is 0 Å². The van der Waals surface area contributed by atoms with Crippen LogP contribution in [0.25, 0.3) is 6.08 Å². The van der Waals surface area contributed by atoms with Crippen molar-refractivity contribution in [3.05, 3.63) is 96.8 Å². The number of hydrogen-bond donors (Lipinski definition) is 0. The molecule has 1 heteroatoms. The maximum atomic E-state index is 5.85. The lowest BCUT2D eigenvalue weighted by molar-refractivity contribution is 0.449. The van der Waals surface area contributed by atoms with Crippen LogP contribution in [-0.2, 0) is 0 Å². The number of rotatable bonds is 5. The zero-order valence-corrected chi connectivity index (χ0v) is 10.7. The molecule has 0 aliphatic heterocycles. The van der Waals surface area contributed by atoms with Gasteiger partial charge in [-0.2, -0.15) is 0 Å². The molecule has 2 aromatic rings. The monoisotopic (exact) mass is 248 g/mol. The van der Waals surface area contributed by atoms with Crippen LogP contribution in [0, 0.1) is 0 Å². The van der Waals surface area contributed by atoms with E-state index in [0.717, 1.165) is 17.1 Å². The van der Waals surface area contributed by atoms with E-state index in [-0.39, 0.29) is 0 Å². The van der Waals surface area contributed by atoms with E-state index in [2.05, 4.69) is 6.58 Å². The molecular formula is C18H16O. The quantitative estimate of drug-likeness (QED) is 0.543. The van der Waals surface area contributed by atoms with Gasteiger partial charge in [0.05, 0.1) is 0 Å². The summed E-state index contributed by atoms with van der Waals surface area (Å²) >= 11 is 0. The fourth-order valence-corrected chi connectivity index (χ4v) is 1.61. The summed E-state index contributed by atoms with van der Waals surface area (Å²) in [5.74, 6) is 1.59. The maximum Gasteiger partial charge on any atom is 0.128 e. The fourth-order valence-electron chi connectivity index (χ4n) is 1.61. The molecule has 19 heavy (non-hydrogen) atoms. The van der Waals surface area contributed by atoms with Crippen LogP contribution in [0.1, 0.15) is 5.56 Å². The van der Waals surface area contributed by atoms with Gasteiger partial charge in [-0.3, -0.25) is 0 Å². The Kier molecular flexibility index (Phi) is 4.77. The minimum atomic E-state index is 0.775. The van der Waals surface area contributed by atoms with Gasteiger partial charge in [-0.1, -0.05) is 67.3 Å². The summed E-state index contributed by atoms with van der Waals surface area (Å²) in [5.41, 5.74) is 1.10. The highest BCUT2D eigenvalue weighted by atomic mass is 16.5. The predicted molar refractivity (Wildman–Crippen MR) is 80.8 cm³/mol. The summed E-state index contributed by atoms with van der Waals surface area (Å²) in [4.78, 5) is 0. The van der Waals surface area contributed by atoms with Gasteiger partial charge in [0.25, 0.3) is 0 Å². The molecule has 0 spiro atoms. The van der Waals surface area contributed by atoms with Gasteiger partial charge in [-0.05, 0) is 29.8 Å². The molecule has 0 aliphatic carbocycles. The molecule has 0 aliphatic rings. The third kappa shape index (κ3) is 4.32. The molecule has 0 heterocycles. The highest BCUT2D eigenvalue weighted by Gasteiger charge is 1.97. The van der Waals surface area contributed by atoms with Crippen LogP contribution in [0.4, 0.5) is 0 Å². The number of benzene rings is 2. The van der Waals surface area contributed by atoms with E-state index in [0.29, 0.717) is 0 Å². The lowest BCUT2D eigenvalue weighted by Crippen LogP contribution is -1.92. The molecule has 94 valence electrons. The van der Waals surface area contributed by atoms with Crippen molar-refractivity contribution < 1.29 is 4.74 Å². The molecule has 0 radical (unpaired) electrons. The number of ether oxygens (including phenoxy) is 1. The molecule has 0 aromatic heterocycles. The van der Waals surface area contributed by atoms with Gasteiger partial charge in [0.1, 0.15) is 11.5 Å². The molecular weight excluding hydrogens is 232 g/mol. The van der Waals surface area contributed by atoms with Gasteiger partial charge in [0.15, 0.2) is 0 Å². The third-order valence-corrected chi connectivity index (χ3v) is 2.48. The van der Waals surface area contributed by atoms with Crippen molar-refractivity contribution in [1.82, 2.24) is 0 Å². The second-order valence-electron chi connectivity index (χ2n) is 3.97. The van der Waals surface area contributed by atoms with E-state index in [1.807, 2.05) is 78.9 Å². The van der Waals surface area contributed by atoms with E-state index in [4.69, 9.17) is 4.74 Å². The minimum Gasteiger partial charge on any atom is -0.457 e. The Morgan fingerprint density at radius 2 is 1.53 bits per heavy atom. The Balaban J connectivity index is 2.24. The standard InChI is InChI=1S/C18H16O/c1-2-3-12-18(15-16-10-6-4-7-11-16)19-17-13-8-5-9-14-17/h2-15H,1H2. The highest BCUT2D eigenvalue weighted by Crippen LogP contribution is 2.16. The summed E-state index contributed by atoms with van der Waals surface area (Å²) in [5, 5.41) is 0. The van der Waals surface area contributed by atoms with Gasteiger partial charge >= 0.3 is 0 Å². The Morgan fingerprint density at radius 3 is 2.16 bits per heavy atom. The fraction of sp³-hybridized carbons (Fsp3) is 0. The summed E-state index contributed by atoms with van der Waals surface area (Å²) in [7, 11) is 0. The molecule has 2 aromatic carbocycles. The van der Waals surface area contributed by atoms with Gasteiger partial charge in [-0.15, -0.1) is 0 Å². The third-order valence-electron chi connectivity index (χ3n) is 2.48. The molecule has 0 saturated heterocycles. The van der Waals surface area contributed by atoms with Gasteiger partial charge in [0.2, 0.25) is 0 Å². The Hall–Kier alpha value is -2.54. The second-order valence-corrected chi connectivity index (χ2v) is 3.97. The van der Waals surface area contributed by atoms with E-state index >= 15 is 0 Å². The van der Waals surface area contributed by atoms with E-state index in [1.54, 1.807) is 6.08 Å².